The SMILES string of the molecule is Fc1c(F)c(F)c(CNCCNC2CC2)c(F)c1F. The van der Waals surface area contributed by atoms with Gasteiger partial charge >= 0.3 is 0 Å². The first-order valence-corrected chi connectivity index (χ1v) is 5.96. The van der Waals surface area contributed by atoms with Crippen LogP contribution in [-0.4, -0.2) is 19.1 Å². The molecule has 19 heavy (non-hydrogen) atoms. The molecule has 2 N–H and O–H groups in total. The summed E-state index contributed by atoms with van der Waals surface area (Å²) in [4.78, 5) is 0. The standard InChI is InChI=1S/C12H13F5N2/c13-8-7(5-18-3-4-19-6-1-2-6)9(14)11(16)12(17)10(8)15/h6,18-19H,1-5H2. The van der Waals surface area contributed by atoms with Crippen LogP contribution in [0.1, 0.15) is 18.4 Å². The van der Waals surface area contributed by atoms with E-state index in [0.717, 1.165) is 12.8 Å². The summed E-state index contributed by atoms with van der Waals surface area (Å²) in [5, 5.41) is 5.79. The average molecular weight is 280 g/mol. The van der Waals surface area contributed by atoms with Crippen molar-refractivity contribution in [1.82, 2.24) is 10.6 Å². The van der Waals surface area contributed by atoms with Gasteiger partial charge in [0.2, 0.25) is 5.82 Å². The third kappa shape index (κ3) is 3.22. The van der Waals surface area contributed by atoms with Crippen molar-refractivity contribution in [1.29, 1.82) is 0 Å². The summed E-state index contributed by atoms with van der Waals surface area (Å²) >= 11 is 0. The van der Waals surface area contributed by atoms with Crippen molar-refractivity contribution in [2.45, 2.75) is 25.4 Å². The molecule has 2 nitrogen and oxygen atoms in total. The lowest BCUT2D eigenvalue weighted by molar-refractivity contribution is 0.367. The van der Waals surface area contributed by atoms with Gasteiger partial charge in [0, 0.05) is 31.2 Å². The van der Waals surface area contributed by atoms with E-state index >= 15 is 0 Å². The lowest BCUT2D eigenvalue weighted by Gasteiger charge is -2.09. The fraction of sp³-hybridized carbons (Fsp3) is 0.500. The van der Waals surface area contributed by atoms with Crippen molar-refractivity contribution >= 4 is 0 Å². The summed E-state index contributed by atoms with van der Waals surface area (Å²) in [6.07, 6.45) is 2.22. The largest absolute Gasteiger partial charge is 0.313 e. The normalized spacial score (nSPS) is 15.0. The average Bonchev–Trinajstić information content (AvgIpc) is 3.21. The highest BCUT2D eigenvalue weighted by molar-refractivity contribution is 5.23. The van der Waals surface area contributed by atoms with Gasteiger partial charge in [-0.2, -0.15) is 0 Å². The second kappa shape index (κ2) is 5.83. The molecule has 1 aliphatic carbocycles. The molecule has 0 radical (unpaired) electrons. The van der Waals surface area contributed by atoms with Crippen LogP contribution in [0, 0.1) is 29.1 Å². The molecule has 1 fully saturated rings. The molecule has 0 bridgehead atoms. The number of nitrogens with one attached hydrogen (secondary N) is 2. The van der Waals surface area contributed by atoms with Crippen LogP contribution in [0.2, 0.25) is 0 Å². The first-order chi connectivity index (χ1) is 9.02. The number of hydrogen-bond donors (Lipinski definition) is 2. The van der Waals surface area contributed by atoms with Crippen LogP contribution in [0.25, 0.3) is 0 Å². The summed E-state index contributed by atoms with van der Waals surface area (Å²) in [5.74, 6) is -9.51. The van der Waals surface area contributed by atoms with Crippen molar-refractivity contribution in [2.24, 2.45) is 0 Å². The van der Waals surface area contributed by atoms with Crippen molar-refractivity contribution in [3.8, 4) is 0 Å². The maximum Gasteiger partial charge on any atom is 0.200 e. The third-order valence-corrected chi connectivity index (χ3v) is 2.91. The number of rotatable bonds is 6. The van der Waals surface area contributed by atoms with Gasteiger partial charge < -0.3 is 10.6 Å². The van der Waals surface area contributed by atoms with Crippen molar-refractivity contribution in [2.75, 3.05) is 13.1 Å². The quantitative estimate of drug-likeness (QED) is 0.361. The van der Waals surface area contributed by atoms with Crippen LogP contribution in [-0.2, 0) is 6.54 Å². The Morgan fingerprint density at radius 3 is 1.84 bits per heavy atom. The molecule has 7 heteroatoms. The molecule has 0 saturated heterocycles. The Balaban J connectivity index is 1.94. The predicted octanol–water partition coefficient (Wildman–Crippen LogP) is 2.22. The van der Waals surface area contributed by atoms with E-state index in [1.54, 1.807) is 0 Å². The highest BCUT2D eigenvalue weighted by Crippen LogP contribution is 2.22. The molecule has 0 aromatic heterocycles. The Hall–Kier alpha value is -1.21. The van der Waals surface area contributed by atoms with Crippen LogP contribution in [0.5, 0.6) is 0 Å². The van der Waals surface area contributed by atoms with Crippen LogP contribution >= 0.6 is 0 Å². The lowest BCUT2D eigenvalue weighted by Crippen LogP contribution is -2.29. The topological polar surface area (TPSA) is 24.1 Å². The summed E-state index contributed by atoms with van der Waals surface area (Å²) < 4.78 is 65.1. The summed E-state index contributed by atoms with van der Waals surface area (Å²) in [7, 11) is 0. The van der Waals surface area contributed by atoms with Gasteiger partial charge in [-0.3, -0.25) is 0 Å². The second-order valence-electron chi connectivity index (χ2n) is 4.45. The minimum absolute atomic E-state index is 0.385. The minimum atomic E-state index is -2.13. The van der Waals surface area contributed by atoms with E-state index in [1.807, 2.05) is 0 Å². The number of halogens is 5. The highest BCUT2D eigenvalue weighted by Gasteiger charge is 2.25. The summed E-state index contributed by atoms with van der Waals surface area (Å²) in [5.41, 5.74) is -0.831. The maximum atomic E-state index is 13.3. The molecular formula is C12H13F5N2. The molecule has 0 aliphatic heterocycles. The lowest BCUT2D eigenvalue weighted by atomic mass is 10.1. The molecule has 106 valence electrons. The molecule has 2 rings (SSSR count). The molecule has 1 aromatic carbocycles. The molecule has 0 atom stereocenters. The zero-order chi connectivity index (χ0) is 14.0. The molecule has 0 heterocycles. The van der Waals surface area contributed by atoms with Gasteiger partial charge in [-0.1, -0.05) is 0 Å². The van der Waals surface area contributed by atoms with Crippen LogP contribution in [0.3, 0.4) is 0 Å². The van der Waals surface area contributed by atoms with Gasteiger partial charge in [0.25, 0.3) is 0 Å². The zero-order valence-corrected chi connectivity index (χ0v) is 10.0. The molecule has 0 amide bonds. The summed E-state index contributed by atoms with van der Waals surface area (Å²) in [6.45, 7) is 0.564. The third-order valence-electron chi connectivity index (χ3n) is 2.91. The van der Waals surface area contributed by atoms with Crippen molar-refractivity contribution in [3.05, 3.63) is 34.6 Å². The Morgan fingerprint density at radius 2 is 1.32 bits per heavy atom. The number of hydrogen-bond acceptors (Lipinski definition) is 2. The van der Waals surface area contributed by atoms with Gasteiger partial charge in [-0.25, -0.2) is 22.0 Å². The molecule has 0 unspecified atom stereocenters. The van der Waals surface area contributed by atoms with E-state index < -0.39 is 41.2 Å². The molecular weight excluding hydrogens is 267 g/mol. The fourth-order valence-corrected chi connectivity index (χ4v) is 1.67. The second-order valence-corrected chi connectivity index (χ2v) is 4.45. The predicted molar refractivity (Wildman–Crippen MR) is 59.0 cm³/mol. The Labute approximate surface area is 107 Å². The Morgan fingerprint density at radius 1 is 0.789 bits per heavy atom. The zero-order valence-electron chi connectivity index (χ0n) is 10.0. The molecule has 1 aliphatic rings. The molecule has 0 spiro atoms. The highest BCUT2D eigenvalue weighted by atomic mass is 19.2. The smallest absolute Gasteiger partial charge is 0.200 e. The molecule has 1 aromatic rings. The Bertz CT molecular complexity index is 445. The van der Waals surface area contributed by atoms with Gasteiger partial charge in [-0.15, -0.1) is 0 Å². The van der Waals surface area contributed by atoms with E-state index in [4.69, 9.17) is 0 Å². The van der Waals surface area contributed by atoms with Crippen molar-refractivity contribution < 1.29 is 22.0 Å². The first-order valence-electron chi connectivity index (χ1n) is 5.96. The fourth-order valence-electron chi connectivity index (χ4n) is 1.67. The van der Waals surface area contributed by atoms with Gasteiger partial charge in [0.15, 0.2) is 23.3 Å². The van der Waals surface area contributed by atoms with E-state index in [0.29, 0.717) is 19.1 Å². The van der Waals surface area contributed by atoms with E-state index in [-0.39, 0.29) is 0 Å². The maximum absolute atomic E-state index is 13.3. The van der Waals surface area contributed by atoms with Gasteiger partial charge in [0.05, 0.1) is 0 Å². The van der Waals surface area contributed by atoms with Crippen LogP contribution in [0.4, 0.5) is 22.0 Å². The van der Waals surface area contributed by atoms with E-state index in [1.165, 1.54) is 0 Å². The van der Waals surface area contributed by atoms with Crippen LogP contribution in [0.15, 0.2) is 0 Å². The minimum Gasteiger partial charge on any atom is -0.313 e. The van der Waals surface area contributed by atoms with Gasteiger partial charge in [-0.05, 0) is 12.8 Å². The van der Waals surface area contributed by atoms with Crippen molar-refractivity contribution in [3.63, 3.8) is 0 Å². The van der Waals surface area contributed by atoms with Gasteiger partial charge in [0.1, 0.15) is 0 Å². The van der Waals surface area contributed by atoms with E-state index in [9.17, 15) is 22.0 Å². The monoisotopic (exact) mass is 280 g/mol. The molecule has 1 saturated carbocycles. The Kier molecular flexibility index (Phi) is 4.36. The van der Waals surface area contributed by atoms with E-state index in [2.05, 4.69) is 10.6 Å². The first kappa shape index (κ1) is 14.2. The summed E-state index contributed by atoms with van der Waals surface area (Å²) in [6, 6.07) is 0.496. The number of benzene rings is 1. The van der Waals surface area contributed by atoms with Crippen LogP contribution < -0.4 is 10.6 Å².